The molecule has 7 nitrogen and oxygen atoms in total. The Balaban J connectivity index is 2.72. The lowest BCUT2D eigenvalue weighted by atomic mass is 9.98. The predicted molar refractivity (Wildman–Crippen MR) is 90.4 cm³/mol. The SMILES string of the molecule is CCN(Cc1ccccc1-c1cc(C(F)(F)F)nc(Cl)c1[N+](=O)[O-])C(=O)O. The van der Waals surface area contributed by atoms with Gasteiger partial charge in [-0.05, 0) is 24.1 Å². The molecule has 0 fully saturated rings. The number of hydrogen-bond acceptors (Lipinski definition) is 4. The molecule has 1 amide bonds. The molecule has 0 bridgehead atoms. The Morgan fingerprint density at radius 2 is 1.96 bits per heavy atom. The van der Waals surface area contributed by atoms with Crippen LogP contribution >= 0.6 is 11.6 Å². The van der Waals surface area contributed by atoms with E-state index in [9.17, 15) is 33.2 Å². The van der Waals surface area contributed by atoms with Crippen LogP contribution in [0.3, 0.4) is 0 Å². The van der Waals surface area contributed by atoms with Gasteiger partial charge in [-0.15, -0.1) is 0 Å². The summed E-state index contributed by atoms with van der Waals surface area (Å²) in [6.45, 7) is 1.54. The first-order chi connectivity index (χ1) is 12.6. The van der Waals surface area contributed by atoms with E-state index >= 15 is 0 Å². The summed E-state index contributed by atoms with van der Waals surface area (Å²) in [5.41, 5.74) is -2.19. The van der Waals surface area contributed by atoms with Crippen molar-refractivity contribution >= 4 is 23.4 Å². The molecule has 1 aromatic carbocycles. The van der Waals surface area contributed by atoms with Gasteiger partial charge in [-0.2, -0.15) is 13.2 Å². The van der Waals surface area contributed by atoms with Crippen molar-refractivity contribution in [3.63, 3.8) is 0 Å². The number of halogens is 4. The fraction of sp³-hybridized carbons (Fsp3) is 0.250. The summed E-state index contributed by atoms with van der Waals surface area (Å²) in [7, 11) is 0. The number of amides is 1. The second-order valence-corrected chi connectivity index (χ2v) is 5.76. The predicted octanol–water partition coefficient (Wildman–Crippen LogP) is 4.83. The summed E-state index contributed by atoms with van der Waals surface area (Å²) in [6, 6.07) is 6.41. The number of carboxylic acid groups (broad SMARTS) is 1. The number of nitrogens with zero attached hydrogens (tertiary/aromatic N) is 3. The normalized spacial score (nSPS) is 11.3. The maximum Gasteiger partial charge on any atom is 0.433 e. The van der Waals surface area contributed by atoms with Gasteiger partial charge in [-0.1, -0.05) is 35.9 Å². The molecule has 0 spiro atoms. The third-order valence-electron chi connectivity index (χ3n) is 3.74. The first-order valence-electron chi connectivity index (χ1n) is 7.54. The molecule has 11 heteroatoms. The number of rotatable bonds is 5. The van der Waals surface area contributed by atoms with E-state index in [1.165, 1.54) is 18.2 Å². The van der Waals surface area contributed by atoms with Crippen molar-refractivity contribution in [3.8, 4) is 11.1 Å². The van der Waals surface area contributed by atoms with Crippen LogP contribution in [0.5, 0.6) is 0 Å². The highest BCUT2D eigenvalue weighted by Crippen LogP contribution is 2.40. The van der Waals surface area contributed by atoms with E-state index in [2.05, 4.69) is 4.98 Å². The topological polar surface area (TPSA) is 96.6 Å². The van der Waals surface area contributed by atoms with Crippen molar-refractivity contribution in [2.75, 3.05) is 6.54 Å². The average Bonchev–Trinajstić information content (AvgIpc) is 2.57. The third-order valence-corrected chi connectivity index (χ3v) is 4.01. The monoisotopic (exact) mass is 403 g/mol. The van der Waals surface area contributed by atoms with Crippen LogP contribution < -0.4 is 0 Å². The molecule has 0 saturated carbocycles. The molecule has 0 unspecified atom stereocenters. The zero-order valence-corrected chi connectivity index (χ0v) is 14.6. The number of alkyl halides is 3. The summed E-state index contributed by atoms with van der Waals surface area (Å²) in [5.74, 6) is 0. The lowest BCUT2D eigenvalue weighted by molar-refractivity contribution is -0.384. The molecule has 0 aliphatic rings. The van der Waals surface area contributed by atoms with E-state index in [0.717, 1.165) is 4.90 Å². The molecule has 1 aromatic heterocycles. The van der Waals surface area contributed by atoms with Gasteiger partial charge >= 0.3 is 18.0 Å². The second kappa shape index (κ2) is 7.78. The van der Waals surface area contributed by atoms with Crippen molar-refractivity contribution in [3.05, 3.63) is 56.9 Å². The second-order valence-electron chi connectivity index (χ2n) is 5.40. The number of carbonyl (C=O) groups is 1. The van der Waals surface area contributed by atoms with E-state index in [1.807, 2.05) is 0 Å². The first-order valence-corrected chi connectivity index (χ1v) is 7.92. The van der Waals surface area contributed by atoms with Crippen LogP contribution in [0.25, 0.3) is 11.1 Å². The smallest absolute Gasteiger partial charge is 0.433 e. The van der Waals surface area contributed by atoms with Crippen molar-refractivity contribution in [1.29, 1.82) is 0 Å². The summed E-state index contributed by atoms with van der Waals surface area (Å²) < 4.78 is 39.3. The zero-order chi connectivity index (χ0) is 20.4. The molecule has 144 valence electrons. The van der Waals surface area contributed by atoms with Crippen LogP contribution in [0, 0.1) is 10.1 Å². The molecule has 0 radical (unpaired) electrons. The molecule has 0 atom stereocenters. The minimum Gasteiger partial charge on any atom is -0.465 e. The first kappa shape index (κ1) is 20.4. The minimum absolute atomic E-state index is 0.0682. The van der Waals surface area contributed by atoms with Crippen LogP contribution in [0.4, 0.5) is 23.7 Å². The van der Waals surface area contributed by atoms with Gasteiger partial charge in [0, 0.05) is 13.1 Å². The van der Waals surface area contributed by atoms with Crippen LogP contribution in [0.2, 0.25) is 5.15 Å². The molecule has 27 heavy (non-hydrogen) atoms. The van der Waals surface area contributed by atoms with Gasteiger partial charge in [0.15, 0.2) is 0 Å². The van der Waals surface area contributed by atoms with Gasteiger partial charge in [0.1, 0.15) is 5.69 Å². The Hall–Kier alpha value is -2.88. The largest absolute Gasteiger partial charge is 0.465 e. The van der Waals surface area contributed by atoms with Gasteiger partial charge in [0.2, 0.25) is 5.15 Å². The van der Waals surface area contributed by atoms with Crippen LogP contribution in [0.1, 0.15) is 18.2 Å². The number of pyridine rings is 1. The van der Waals surface area contributed by atoms with Gasteiger partial charge in [-0.3, -0.25) is 10.1 Å². The highest BCUT2D eigenvalue weighted by atomic mass is 35.5. The molecule has 0 aliphatic carbocycles. The molecule has 2 aromatic rings. The number of aromatic nitrogens is 1. The van der Waals surface area contributed by atoms with Crippen LogP contribution in [-0.2, 0) is 12.7 Å². The number of hydrogen-bond donors (Lipinski definition) is 1. The van der Waals surface area contributed by atoms with E-state index in [-0.39, 0.29) is 24.2 Å². The summed E-state index contributed by atoms with van der Waals surface area (Å²) in [4.78, 5) is 25.8. The van der Waals surface area contributed by atoms with Crippen molar-refractivity contribution in [2.45, 2.75) is 19.6 Å². The van der Waals surface area contributed by atoms with Gasteiger partial charge in [-0.25, -0.2) is 9.78 Å². The molecular weight excluding hydrogens is 391 g/mol. The maximum absolute atomic E-state index is 13.1. The van der Waals surface area contributed by atoms with Gasteiger partial charge in [0.25, 0.3) is 0 Å². The maximum atomic E-state index is 13.1. The Bertz CT molecular complexity index is 890. The molecule has 0 aliphatic heterocycles. The van der Waals surface area contributed by atoms with E-state index < -0.39 is 33.7 Å². The van der Waals surface area contributed by atoms with Crippen LogP contribution in [-0.4, -0.2) is 32.6 Å². The third kappa shape index (κ3) is 4.45. The quantitative estimate of drug-likeness (QED) is 0.438. The molecule has 1 N–H and O–H groups in total. The highest BCUT2D eigenvalue weighted by Gasteiger charge is 2.36. The number of benzene rings is 1. The lowest BCUT2D eigenvalue weighted by Gasteiger charge is -2.19. The van der Waals surface area contributed by atoms with Crippen LogP contribution in [0.15, 0.2) is 30.3 Å². The lowest BCUT2D eigenvalue weighted by Crippen LogP contribution is -2.28. The number of nitro groups is 1. The molecule has 0 saturated heterocycles. The van der Waals surface area contributed by atoms with E-state index in [0.29, 0.717) is 11.6 Å². The fourth-order valence-electron chi connectivity index (χ4n) is 2.47. The van der Waals surface area contributed by atoms with Crippen molar-refractivity contribution in [1.82, 2.24) is 9.88 Å². The van der Waals surface area contributed by atoms with Gasteiger partial charge < -0.3 is 10.0 Å². The molecular formula is C16H13ClF3N3O4. The van der Waals surface area contributed by atoms with Crippen molar-refractivity contribution in [2.24, 2.45) is 0 Å². The molecule has 1 heterocycles. The standard InChI is InChI=1S/C16H13ClF3N3O4/c1-2-22(15(24)25)8-9-5-3-4-6-10(9)11-7-12(16(18,19)20)21-14(17)13(11)23(26)27/h3-7H,2,8H2,1H3,(H,24,25). The Morgan fingerprint density at radius 1 is 1.33 bits per heavy atom. The summed E-state index contributed by atoms with van der Waals surface area (Å²) in [6.07, 6.45) is -6.09. The Morgan fingerprint density at radius 3 is 2.48 bits per heavy atom. The average molecular weight is 404 g/mol. The van der Waals surface area contributed by atoms with E-state index in [4.69, 9.17) is 11.6 Å². The zero-order valence-electron chi connectivity index (χ0n) is 13.8. The fourth-order valence-corrected chi connectivity index (χ4v) is 2.73. The van der Waals surface area contributed by atoms with Gasteiger partial charge in [0.05, 0.1) is 10.5 Å². The van der Waals surface area contributed by atoms with E-state index in [1.54, 1.807) is 13.0 Å². The highest BCUT2D eigenvalue weighted by molar-refractivity contribution is 6.32. The summed E-state index contributed by atoms with van der Waals surface area (Å²) >= 11 is 5.66. The van der Waals surface area contributed by atoms with Crippen molar-refractivity contribution < 1.29 is 28.0 Å². The minimum atomic E-state index is -4.86. The molecule has 2 rings (SSSR count). The Kier molecular flexibility index (Phi) is 5.89. The summed E-state index contributed by atoms with van der Waals surface area (Å²) in [5, 5.41) is 19.6. The Labute approximate surface area is 156 Å².